The minimum atomic E-state index is 0.344. The monoisotopic (exact) mass is 231 g/mol. The van der Waals surface area contributed by atoms with Gasteiger partial charge in [-0.1, -0.05) is 6.92 Å². The van der Waals surface area contributed by atoms with Crippen molar-refractivity contribution in [2.45, 2.75) is 19.9 Å². The van der Waals surface area contributed by atoms with Crippen LogP contribution in [0, 0.1) is 0 Å². The summed E-state index contributed by atoms with van der Waals surface area (Å²) in [5.41, 5.74) is 1.19. The quantitative estimate of drug-likeness (QED) is 0.861. The van der Waals surface area contributed by atoms with Crippen molar-refractivity contribution in [3.63, 3.8) is 0 Å². The Balaban J connectivity index is 2.85. The largest absolute Gasteiger partial charge is 0.309 e. The molecule has 1 N–H and O–H groups in total. The van der Waals surface area contributed by atoms with E-state index < -0.39 is 0 Å². The minimum absolute atomic E-state index is 0.344. The first kappa shape index (κ1) is 9.74. The molecule has 3 nitrogen and oxygen atoms in total. The summed E-state index contributed by atoms with van der Waals surface area (Å²) in [6.45, 7) is 5.20. The Labute approximate surface area is 81.3 Å². The van der Waals surface area contributed by atoms with Gasteiger partial charge in [0.05, 0.1) is 16.4 Å². The van der Waals surface area contributed by atoms with E-state index in [4.69, 9.17) is 0 Å². The van der Waals surface area contributed by atoms with Crippen LogP contribution in [0.2, 0.25) is 0 Å². The predicted octanol–water partition coefficient (Wildman–Crippen LogP) is 1.85. The zero-order chi connectivity index (χ0) is 9.14. The molecule has 0 radical (unpaired) electrons. The molecule has 0 aliphatic heterocycles. The second-order valence-corrected chi connectivity index (χ2v) is 3.64. The molecule has 0 saturated carbocycles. The van der Waals surface area contributed by atoms with Crippen molar-refractivity contribution < 1.29 is 0 Å². The van der Waals surface area contributed by atoms with E-state index >= 15 is 0 Å². The number of rotatable bonds is 3. The molecule has 0 aliphatic rings. The number of halogens is 1. The van der Waals surface area contributed by atoms with Crippen molar-refractivity contribution in [2.75, 3.05) is 6.54 Å². The summed E-state index contributed by atoms with van der Waals surface area (Å²) < 4.78 is 2.95. The van der Waals surface area contributed by atoms with Crippen LogP contribution in [-0.4, -0.2) is 16.3 Å². The number of aryl methyl sites for hydroxylation is 1. The Morgan fingerprint density at radius 3 is 2.83 bits per heavy atom. The first-order chi connectivity index (χ1) is 5.66. The molecule has 1 unspecified atom stereocenters. The van der Waals surface area contributed by atoms with E-state index in [2.05, 4.69) is 40.2 Å². The molecule has 0 bridgehead atoms. The van der Waals surface area contributed by atoms with Crippen LogP contribution < -0.4 is 5.32 Å². The highest BCUT2D eigenvalue weighted by Crippen LogP contribution is 2.21. The molecule has 0 aliphatic carbocycles. The lowest BCUT2D eigenvalue weighted by Gasteiger charge is -2.12. The Morgan fingerprint density at radius 2 is 2.42 bits per heavy atom. The summed E-state index contributed by atoms with van der Waals surface area (Å²) in [6.07, 6.45) is 1.82. The highest BCUT2D eigenvalue weighted by Gasteiger charge is 2.12. The van der Waals surface area contributed by atoms with E-state index in [1.807, 2.05) is 17.9 Å². The third-order valence-corrected chi connectivity index (χ3v) is 2.47. The van der Waals surface area contributed by atoms with Gasteiger partial charge in [-0.25, -0.2) is 0 Å². The molecule has 0 aromatic carbocycles. The van der Waals surface area contributed by atoms with E-state index in [0.717, 1.165) is 11.0 Å². The second kappa shape index (κ2) is 4.05. The topological polar surface area (TPSA) is 29.9 Å². The number of nitrogens with zero attached hydrogens (tertiary/aromatic N) is 2. The van der Waals surface area contributed by atoms with Gasteiger partial charge in [0.1, 0.15) is 0 Å². The average molecular weight is 232 g/mol. The Kier molecular flexibility index (Phi) is 3.29. The molecular formula is C8H14BrN3. The van der Waals surface area contributed by atoms with Gasteiger partial charge in [-0.2, -0.15) is 5.10 Å². The fourth-order valence-electron chi connectivity index (χ4n) is 1.31. The summed E-state index contributed by atoms with van der Waals surface area (Å²) in [7, 11) is 1.95. The fraction of sp³-hybridized carbons (Fsp3) is 0.625. The van der Waals surface area contributed by atoms with Crippen molar-refractivity contribution >= 4 is 15.9 Å². The highest BCUT2D eigenvalue weighted by atomic mass is 79.9. The van der Waals surface area contributed by atoms with Crippen molar-refractivity contribution in [1.82, 2.24) is 15.1 Å². The molecule has 1 atom stereocenters. The molecule has 1 aromatic heterocycles. The first-order valence-corrected chi connectivity index (χ1v) is 4.87. The van der Waals surface area contributed by atoms with Crippen LogP contribution in [0.3, 0.4) is 0 Å². The van der Waals surface area contributed by atoms with Crippen LogP contribution in [0.15, 0.2) is 10.7 Å². The molecular weight excluding hydrogens is 218 g/mol. The molecule has 68 valence electrons. The molecule has 12 heavy (non-hydrogen) atoms. The molecule has 0 saturated heterocycles. The van der Waals surface area contributed by atoms with Crippen molar-refractivity contribution in [1.29, 1.82) is 0 Å². The van der Waals surface area contributed by atoms with Gasteiger partial charge in [0.25, 0.3) is 0 Å². The predicted molar refractivity (Wildman–Crippen MR) is 53.0 cm³/mol. The molecule has 4 heteroatoms. The van der Waals surface area contributed by atoms with Gasteiger partial charge < -0.3 is 5.32 Å². The van der Waals surface area contributed by atoms with Crippen LogP contribution in [0.1, 0.15) is 25.6 Å². The van der Waals surface area contributed by atoms with E-state index in [0.29, 0.717) is 6.04 Å². The molecule has 0 fully saturated rings. The van der Waals surface area contributed by atoms with Gasteiger partial charge in [-0.05, 0) is 29.4 Å². The summed E-state index contributed by atoms with van der Waals surface area (Å²) in [6, 6.07) is 0.344. The Morgan fingerprint density at radius 1 is 1.75 bits per heavy atom. The van der Waals surface area contributed by atoms with Gasteiger partial charge >= 0.3 is 0 Å². The van der Waals surface area contributed by atoms with Crippen molar-refractivity contribution in [3.8, 4) is 0 Å². The molecule has 1 aromatic rings. The average Bonchev–Trinajstić information content (AvgIpc) is 2.32. The number of aromatic nitrogens is 2. The zero-order valence-electron chi connectivity index (χ0n) is 7.63. The van der Waals surface area contributed by atoms with Crippen LogP contribution in [0.4, 0.5) is 0 Å². The third kappa shape index (κ3) is 1.87. The van der Waals surface area contributed by atoms with Crippen molar-refractivity contribution in [3.05, 3.63) is 16.4 Å². The van der Waals surface area contributed by atoms with Crippen molar-refractivity contribution in [2.24, 2.45) is 7.05 Å². The maximum atomic E-state index is 4.15. The summed E-state index contributed by atoms with van der Waals surface area (Å²) in [5.74, 6) is 0. The maximum absolute atomic E-state index is 4.15. The highest BCUT2D eigenvalue weighted by molar-refractivity contribution is 9.10. The number of hydrogen-bond donors (Lipinski definition) is 1. The lowest BCUT2D eigenvalue weighted by molar-refractivity contribution is 0.544. The summed E-state index contributed by atoms with van der Waals surface area (Å²) in [4.78, 5) is 0. The minimum Gasteiger partial charge on any atom is -0.309 e. The summed E-state index contributed by atoms with van der Waals surface area (Å²) in [5, 5.41) is 7.49. The normalized spacial score (nSPS) is 13.3. The second-order valence-electron chi connectivity index (χ2n) is 2.78. The van der Waals surface area contributed by atoms with Crippen LogP contribution >= 0.6 is 15.9 Å². The fourth-order valence-corrected chi connectivity index (χ4v) is 2.00. The molecule has 1 heterocycles. The van der Waals surface area contributed by atoms with Gasteiger partial charge in [-0.15, -0.1) is 0 Å². The van der Waals surface area contributed by atoms with Gasteiger partial charge in [0.15, 0.2) is 0 Å². The van der Waals surface area contributed by atoms with E-state index in [1.54, 1.807) is 0 Å². The lowest BCUT2D eigenvalue weighted by Crippen LogP contribution is -2.20. The van der Waals surface area contributed by atoms with Crippen LogP contribution in [0.5, 0.6) is 0 Å². The van der Waals surface area contributed by atoms with E-state index in [1.165, 1.54) is 5.69 Å². The van der Waals surface area contributed by atoms with Gasteiger partial charge in [-0.3, -0.25) is 4.68 Å². The SMILES string of the molecule is CCNC(C)c1c(Br)cnn1C. The summed E-state index contributed by atoms with van der Waals surface area (Å²) >= 11 is 3.46. The van der Waals surface area contributed by atoms with Crippen LogP contribution in [0.25, 0.3) is 0 Å². The van der Waals surface area contributed by atoms with Crippen LogP contribution in [-0.2, 0) is 7.05 Å². The third-order valence-electron chi connectivity index (χ3n) is 1.86. The first-order valence-electron chi connectivity index (χ1n) is 4.07. The van der Waals surface area contributed by atoms with E-state index in [9.17, 15) is 0 Å². The zero-order valence-corrected chi connectivity index (χ0v) is 9.22. The molecule has 1 rings (SSSR count). The Bertz CT molecular complexity index is 237. The maximum Gasteiger partial charge on any atom is 0.0689 e. The smallest absolute Gasteiger partial charge is 0.0689 e. The van der Waals surface area contributed by atoms with Gasteiger partial charge in [0.2, 0.25) is 0 Å². The standard InChI is InChI=1S/C8H14BrN3/c1-4-10-6(2)8-7(9)5-11-12(8)3/h5-6,10H,4H2,1-3H3. The van der Waals surface area contributed by atoms with E-state index in [-0.39, 0.29) is 0 Å². The molecule has 0 amide bonds. The Hall–Kier alpha value is -0.350. The number of hydrogen-bond acceptors (Lipinski definition) is 2. The molecule has 0 spiro atoms. The van der Waals surface area contributed by atoms with Gasteiger partial charge in [0, 0.05) is 13.1 Å². The lowest BCUT2D eigenvalue weighted by atomic mass is 10.2. The number of nitrogens with one attached hydrogen (secondary N) is 1.